The molecule has 4 atom stereocenters. The summed E-state index contributed by atoms with van der Waals surface area (Å²) in [5, 5.41) is 22.8. The van der Waals surface area contributed by atoms with Crippen LogP contribution in [0.3, 0.4) is 0 Å². The van der Waals surface area contributed by atoms with E-state index in [0.717, 1.165) is 48.1 Å². The molecule has 1 fully saturated rings. The molecule has 7 N–H and O–H groups in total. The van der Waals surface area contributed by atoms with Crippen molar-refractivity contribution >= 4 is 11.7 Å². The summed E-state index contributed by atoms with van der Waals surface area (Å²) >= 11 is 0. The zero-order chi connectivity index (χ0) is 25.4. The Kier molecular flexibility index (Phi) is 6.68. The molecule has 0 saturated heterocycles. The van der Waals surface area contributed by atoms with Gasteiger partial charge in [-0.1, -0.05) is 43.0 Å². The van der Waals surface area contributed by atoms with Crippen LogP contribution in [0.1, 0.15) is 54.1 Å². The third-order valence-electron chi connectivity index (χ3n) is 8.44. The number of carbonyl (C=O) groups excluding carboxylic acids is 1. The minimum absolute atomic E-state index is 0.0863. The molecule has 0 aromatic heterocycles. The fraction of sp³-hybridized carbons (Fsp3) is 0.481. The number of nitrogens with one attached hydrogen (secondary N) is 3. The van der Waals surface area contributed by atoms with Crippen molar-refractivity contribution in [3.05, 3.63) is 71.0 Å². The van der Waals surface area contributed by atoms with Gasteiger partial charge in [-0.05, 0) is 72.8 Å². The number of hydrogen-bond acceptors (Lipinski definition) is 5. The number of hydrogen-bond donors (Lipinski definition) is 5. The van der Waals surface area contributed by atoms with E-state index < -0.39 is 10.8 Å². The molecule has 0 bridgehead atoms. The lowest BCUT2D eigenvalue weighted by molar-refractivity contribution is 0.0963. The van der Waals surface area contributed by atoms with Gasteiger partial charge >= 0.3 is 0 Å². The molecule has 35 heavy (non-hydrogen) atoms. The third-order valence-corrected chi connectivity index (χ3v) is 8.44. The van der Waals surface area contributed by atoms with Gasteiger partial charge in [-0.25, -0.2) is 0 Å². The highest BCUT2D eigenvalue weighted by Crippen LogP contribution is 2.59. The molecule has 0 heterocycles. The molecule has 8 nitrogen and oxygen atoms in total. The van der Waals surface area contributed by atoms with E-state index in [9.17, 15) is 10.2 Å². The molecule has 0 spiro atoms. The van der Waals surface area contributed by atoms with Crippen LogP contribution in [0.5, 0.6) is 0 Å². The lowest BCUT2D eigenvalue weighted by Gasteiger charge is -2.51. The van der Waals surface area contributed by atoms with E-state index in [1.807, 2.05) is 25.2 Å². The monoisotopic (exact) mass is 475 g/mol. The Morgan fingerprint density at radius 2 is 2.03 bits per heavy atom. The number of amidine groups is 1. The molecular formula is C27H37N7O. The van der Waals surface area contributed by atoms with Crippen LogP contribution in [0.4, 0.5) is 0 Å². The van der Waals surface area contributed by atoms with E-state index in [0.29, 0.717) is 17.9 Å². The number of aryl methyl sites for hydroxylation is 1. The SMILES string of the molecule is C=C(NC)C1=CC2CCc3cc(C(=O)NC)ccc3C(C[C@@H](N)C3CC3)(C(=N)N=NN)C2(C)C=C1. The van der Waals surface area contributed by atoms with Crippen molar-refractivity contribution in [2.75, 3.05) is 14.1 Å². The highest BCUT2D eigenvalue weighted by molar-refractivity contribution is 5.96. The van der Waals surface area contributed by atoms with Crippen LogP contribution in [-0.2, 0) is 11.8 Å². The summed E-state index contributed by atoms with van der Waals surface area (Å²) in [6.07, 6.45) is 10.9. The first-order valence-corrected chi connectivity index (χ1v) is 12.3. The zero-order valence-corrected chi connectivity index (χ0v) is 20.9. The largest absolute Gasteiger partial charge is 0.388 e. The molecule has 1 amide bonds. The van der Waals surface area contributed by atoms with Gasteiger partial charge in [-0.2, -0.15) is 0 Å². The van der Waals surface area contributed by atoms with Crippen LogP contribution in [-0.4, -0.2) is 31.9 Å². The van der Waals surface area contributed by atoms with Crippen molar-refractivity contribution in [2.45, 2.75) is 50.5 Å². The van der Waals surface area contributed by atoms with E-state index in [2.05, 4.69) is 52.7 Å². The lowest BCUT2D eigenvalue weighted by Crippen LogP contribution is -2.55. The first-order valence-electron chi connectivity index (χ1n) is 12.3. The normalized spacial score (nSPS) is 28.3. The summed E-state index contributed by atoms with van der Waals surface area (Å²) in [4.78, 5) is 12.5. The van der Waals surface area contributed by atoms with Gasteiger partial charge in [0.1, 0.15) is 0 Å². The summed E-state index contributed by atoms with van der Waals surface area (Å²) in [6.45, 7) is 6.35. The minimum atomic E-state index is -0.866. The van der Waals surface area contributed by atoms with Gasteiger partial charge in [0.2, 0.25) is 0 Å². The summed E-state index contributed by atoms with van der Waals surface area (Å²) in [7, 11) is 3.50. The Balaban J connectivity index is 1.98. The van der Waals surface area contributed by atoms with Gasteiger partial charge in [0.05, 0.1) is 5.41 Å². The molecule has 3 unspecified atom stereocenters. The van der Waals surface area contributed by atoms with E-state index in [1.54, 1.807) is 7.05 Å². The van der Waals surface area contributed by atoms with E-state index in [1.165, 1.54) is 0 Å². The Morgan fingerprint density at radius 3 is 2.66 bits per heavy atom. The van der Waals surface area contributed by atoms with E-state index in [4.69, 9.17) is 11.6 Å². The molecule has 1 saturated carbocycles. The first-order chi connectivity index (χ1) is 16.7. The van der Waals surface area contributed by atoms with Crippen LogP contribution >= 0.6 is 0 Å². The van der Waals surface area contributed by atoms with Crippen molar-refractivity contribution in [2.24, 2.45) is 39.2 Å². The summed E-state index contributed by atoms with van der Waals surface area (Å²) in [5.74, 6) is 6.01. The van der Waals surface area contributed by atoms with Crippen molar-refractivity contribution < 1.29 is 4.79 Å². The second-order valence-corrected chi connectivity index (χ2v) is 10.2. The smallest absolute Gasteiger partial charge is 0.251 e. The third kappa shape index (κ3) is 4.10. The first kappa shape index (κ1) is 24.9. The number of fused-ring (bicyclic) bond motifs is 2. The average Bonchev–Trinajstić information content (AvgIpc) is 3.71. The Hall–Kier alpha value is -3.26. The number of nitrogens with two attached hydrogens (primary N) is 2. The maximum Gasteiger partial charge on any atom is 0.251 e. The van der Waals surface area contributed by atoms with Crippen LogP contribution < -0.4 is 22.2 Å². The van der Waals surface area contributed by atoms with E-state index in [-0.39, 0.29) is 23.7 Å². The van der Waals surface area contributed by atoms with Gasteiger partial charge < -0.3 is 22.2 Å². The second kappa shape index (κ2) is 9.41. The Labute approximate surface area is 207 Å². The molecule has 1 aromatic carbocycles. The minimum Gasteiger partial charge on any atom is -0.388 e. The highest BCUT2D eigenvalue weighted by Gasteiger charge is 2.58. The number of carbonyl (C=O) groups is 1. The zero-order valence-electron chi connectivity index (χ0n) is 20.9. The predicted octanol–water partition coefficient (Wildman–Crippen LogP) is 3.51. The van der Waals surface area contributed by atoms with E-state index >= 15 is 0 Å². The molecule has 1 aromatic rings. The number of likely N-dealkylation sites (N-methyl/N-ethyl adjacent to an activating group) is 1. The molecule has 3 aliphatic carbocycles. The molecule has 4 rings (SSSR count). The lowest BCUT2D eigenvalue weighted by atomic mass is 9.51. The molecule has 0 aliphatic heterocycles. The van der Waals surface area contributed by atoms with Crippen LogP contribution in [0.15, 0.2) is 64.6 Å². The number of benzene rings is 1. The van der Waals surface area contributed by atoms with Crippen molar-refractivity contribution in [3.63, 3.8) is 0 Å². The van der Waals surface area contributed by atoms with Gasteiger partial charge in [0.25, 0.3) is 5.91 Å². The van der Waals surface area contributed by atoms with Crippen molar-refractivity contribution in [1.29, 1.82) is 5.41 Å². The standard InChI is InChI=1S/C27H37N7O/c1-16(31-3)18-11-12-26(2)21(14-18)9-7-19-13-20(24(35)32-4)8-10-22(19)27(26,25(29)33-34-30)15-23(28)17-5-6-17/h8,10-14,17,21,23,31H,1,5-7,9,15,28H2,2-4H3,(H,32,35)(H3,29,30,33)/t21?,23-,26?,27?/m1/s1. The predicted molar refractivity (Wildman–Crippen MR) is 139 cm³/mol. The molecular weight excluding hydrogens is 438 g/mol. The Morgan fingerprint density at radius 1 is 1.29 bits per heavy atom. The number of amides is 1. The van der Waals surface area contributed by atoms with Crippen LogP contribution in [0.2, 0.25) is 0 Å². The summed E-state index contributed by atoms with van der Waals surface area (Å²) < 4.78 is 0. The van der Waals surface area contributed by atoms with Crippen molar-refractivity contribution in [1.82, 2.24) is 10.6 Å². The molecule has 186 valence electrons. The Bertz CT molecular complexity index is 1130. The number of allylic oxidation sites excluding steroid dienone is 3. The number of rotatable bonds is 7. The molecule has 0 radical (unpaired) electrons. The molecule has 8 heteroatoms. The van der Waals surface area contributed by atoms with Crippen LogP contribution in [0, 0.1) is 22.7 Å². The maximum atomic E-state index is 12.5. The van der Waals surface area contributed by atoms with Gasteiger partial charge in [0, 0.05) is 36.8 Å². The van der Waals surface area contributed by atoms with Gasteiger partial charge in [-0.3, -0.25) is 10.2 Å². The fourth-order valence-electron chi connectivity index (χ4n) is 6.12. The van der Waals surface area contributed by atoms with Crippen LogP contribution in [0.25, 0.3) is 0 Å². The quantitative estimate of drug-likeness (QED) is 0.135. The second-order valence-electron chi connectivity index (χ2n) is 10.2. The molecule has 3 aliphatic rings. The summed E-state index contributed by atoms with van der Waals surface area (Å²) in [5.41, 5.74) is 9.92. The average molecular weight is 476 g/mol. The summed E-state index contributed by atoms with van der Waals surface area (Å²) in [6, 6.07) is 5.70. The van der Waals surface area contributed by atoms with Gasteiger partial charge in [0.15, 0.2) is 5.84 Å². The maximum absolute atomic E-state index is 12.5. The number of nitrogens with zero attached hydrogens (tertiary/aromatic N) is 2. The van der Waals surface area contributed by atoms with Crippen molar-refractivity contribution in [3.8, 4) is 0 Å². The fourth-order valence-corrected chi connectivity index (χ4v) is 6.12. The topological polar surface area (TPSA) is 142 Å². The van der Waals surface area contributed by atoms with Gasteiger partial charge in [-0.15, -0.1) is 5.11 Å². The highest BCUT2D eigenvalue weighted by atomic mass is 16.1.